The van der Waals surface area contributed by atoms with Gasteiger partial charge in [0.2, 0.25) is 11.8 Å². The summed E-state index contributed by atoms with van der Waals surface area (Å²) in [7, 11) is 0. The number of amides is 3. The fourth-order valence-corrected chi connectivity index (χ4v) is 4.23. The largest absolute Gasteiger partial charge is 0.452 e. The fourth-order valence-electron chi connectivity index (χ4n) is 4.01. The molecule has 2 rings (SSSR count). The number of ketones is 1. The van der Waals surface area contributed by atoms with Crippen LogP contribution >= 0.6 is 11.6 Å². The van der Waals surface area contributed by atoms with Crippen LogP contribution in [-0.4, -0.2) is 60.7 Å². The summed E-state index contributed by atoms with van der Waals surface area (Å²) in [5, 5.41) is 7.65. The number of hydrogen-bond donors (Lipinski definition) is 3. The molecule has 2 aromatic carbocycles. The standard InChI is InChI=1S/C30H33ClF3N5O4/c1-5-36-24(17-35-4)29(43)38-23(16-20-12-9-13-21(31)14-20)27(41)37-22(15-19-10-7-6-8-11-19)28(42)39-25(18(2)3)26(40)30(32,33)34/h5-14,17-18,22-23,25H,4,15-16H2,1-3H3,(H,37,41)(H,38,43)(H,39,42)/b24-17-,36-5?/t22-,23-,25-/m0/s1. The lowest BCUT2D eigenvalue weighted by Crippen LogP contribution is -2.58. The van der Waals surface area contributed by atoms with Crippen molar-refractivity contribution in [3.8, 4) is 0 Å². The maximum atomic E-state index is 13.6. The molecule has 13 heteroatoms. The van der Waals surface area contributed by atoms with E-state index in [-0.39, 0.29) is 18.5 Å². The highest BCUT2D eigenvalue weighted by molar-refractivity contribution is 6.30. The van der Waals surface area contributed by atoms with E-state index in [4.69, 9.17) is 11.6 Å². The maximum absolute atomic E-state index is 13.6. The second-order valence-corrected chi connectivity index (χ2v) is 10.2. The molecule has 2 aromatic rings. The van der Waals surface area contributed by atoms with E-state index in [1.807, 2.05) is 0 Å². The van der Waals surface area contributed by atoms with E-state index < -0.39 is 53.7 Å². The van der Waals surface area contributed by atoms with Gasteiger partial charge in [-0.25, -0.2) is 0 Å². The van der Waals surface area contributed by atoms with Gasteiger partial charge in [0.15, 0.2) is 0 Å². The maximum Gasteiger partial charge on any atom is 0.452 e. The molecule has 0 heterocycles. The molecule has 0 bridgehead atoms. The van der Waals surface area contributed by atoms with Crippen LogP contribution in [0.5, 0.6) is 0 Å². The topological polar surface area (TPSA) is 129 Å². The minimum atomic E-state index is -5.18. The van der Waals surface area contributed by atoms with Gasteiger partial charge < -0.3 is 16.0 Å². The quantitative estimate of drug-likeness (QED) is 0.218. The molecule has 0 fully saturated rings. The minimum absolute atomic E-state index is 0.0658. The molecular formula is C30H33ClF3N5O4. The third-order valence-electron chi connectivity index (χ3n) is 6.11. The molecule has 0 saturated heterocycles. The molecule has 3 amide bonds. The summed E-state index contributed by atoms with van der Waals surface area (Å²) < 4.78 is 39.8. The summed E-state index contributed by atoms with van der Waals surface area (Å²) in [6.45, 7) is 7.59. The summed E-state index contributed by atoms with van der Waals surface area (Å²) >= 11 is 6.10. The molecule has 9 nitrogen and oxygen atoms in total. The number of Topliss-reactive ketones (excluding diaryl/α,β-unsaturated/α-hetero) is 1. The molecule has 0 aliphatic carbocycles. The van der Waals surface area contributed by atoms with Crippen LogP contribution in [0.3, 0.4) is 0 Å². The monoisotopic (exact) mass is 619 g/mol. The molecule has 0 spiro atoms. The SMILES string of the molecule is C=N/C=C(\N=CC)C(=O)N[C@@H](Cc1cccc(Cl)c1)C(=O)N[C@@H](Cc1ccccc1)C(=O)N[C@H](C(=O)C(F)(F)F)C(C)C. The zero-order chi connectivity index (χ0) is 32.2. The first-order chi connectivity index (χ1) is 20.3. The van der Waals surface area contributed by atoms with Crippen LogP contribution in [0.1, 0.15) is 31.9 Å². The Morgan fingerprint density at radius 1 is 0.907 bits per heavy atom. The highest BCUT2D eigenvalue weighted by Crippen LogP contribution is 2.21. The van der Waals surface area contributed by atoms with E-state index in [1.165, 1.54) is 20.1 Å². The smallest absolute Gasteiger partial charge is 0.344 e. The molecule has 0 aliphatic heterocycles. The molecule has 0 unspecified atom stereocenters. The number of nitrogens with zero attached hydrogens (tertiary/aromatic N) is 2. The van der Waals surface area contributed by atoms with E-state index in [0.29, 0.717) is 16.1 Å². The predicted molar refractivity (Wildman–Crippen MR) is 159 cm³/mol. The Morgan fingerprint density at radius 2 is 1.49 bits per heavy atom. The van der Waals surface area contributed by atoms with Gasteiger partial charge in [0, 0.05) is 24.1 Å². The number of aliphatic imine (C=N–C) groups is 2. The van der Waals surface area contributed by atoms with Crippen molar-refractivity contribution in [1.29, 1.82) is 0 Å². The number of alkyl halides is 3. The molecule has 0 aromatic heterocycles. The van der Waals surface area contributed by atoms with Crippen molar-refractivity contribution in [3.05, 3.63) is 82.6 Å². The van der Waals surface area contributed by atoms with E-state index in [1.54, 1.807) is 61.5 Å². The van der Waals surface area contributed by atoms with E-state index in [9.17, 15) is 32.3 Å². The van der Waals surface area contributed by atoms with Crippen molar-refractivity contribution in [2.24, 2.45) is 15.9 Å². The number of halogens is 4. The summed E-state index contributed by atoms with van der Waals surface area (Å²) in [5.41, 5.74) is 1.01. The third kappa shape index (κ3) is 11.1. The molecule has 3 N–H and O–H groups in total. The first-order valence-electron chi connectivity index (χ1n) is 13.2. The zero-order valence-corrected chi connectivity index (χ0v) is 24.6. The zero-order valence-electron chi connectivity index (χ0n) is 23.8. The lowest BCUT2D eigenvalue weighted by molar-refractivity contribution is -0.175. The van der Waals surface area contributed by atoms with E-state index >= 15 is 0 Å². The van der Waals surface area contributed by atoms with Crippen molar-refractivity contribution in [2.75, 3.05) is 0 Å². The average Bonchev–Trinajstić information content (AvgIpc) is 2.94. The molecule has 0 radical (unpaired) electrons. The van der Waals surface area contributed by atoms with Crippen LogP contribution in [-0.2, 0) is 32.0 Å². The Hall–Kier alpha value is -4.32. The first kappa shape index (κ1) is 34.9. The van der Waals surface area contributed by atoms with Crippen LogP contribution in [0.2, 0.25) is 5.02 Å². The van der Waals surface area contributed by atoms with E-state index in [2.05, 4.69) is 32.7 Å². The Morgan fingerprint density at radius 3 is 2.05 bits per heavy atom. The van der Waals surface area contributed by atoms with Crippen molar-refractivity contribution in [1.82, 2.24) is 16.0 Å². The Bertz CT molecular complexity index is 1360. The average molecular weight is 620 g/mol. The summed E-state index contributed by atoms with van der Waals surface area (Å²) in [4.78, 5) is 59.5. The second-order valence-electron chi connectivity index (χ2n) is 9.79. The molecule has 230 valence electrons. The number of carbonyl (C=O) groups excluding carboxylic acids is 4. The van der Waals surface area contributed by atoms with Gasteiger partial charge in [-0.2, -0.15) is 13.2 Å². The number of benzene rings is 2. The Kier molecular flexibility index (Phi) is 13.3. The first-order valence-corrected chi connectivity index (χ1v) is 13.6. The minimum Gasteiger partial charge on any atom is -0.344 e. The Balaban J connectivity index is 2.44. The van der Waals surface area contributed by atoms with E-state index in [0.717, 1.165) is 6.20 Å². The molecule has 43 heavy (non-hydrogen) atoms. The van der Waals surface area contributed by atoms with Gasteiger partial charge in [-0.1, -0.05) is 67.9 Å². The summed E-state index contributed by atoms with van der Waals surface area (Å²) in [5.74, 6) is -5.61. The highest BCUT2D eigenvalue weighted by atomic mass is 35.5. The van der Waals surface area contributed by atoms with Gasteiger partial charge in [0.05, 0.1) is 12.2 Å². The fraction of sp³-hybridized carbons (Fsp3) is 0.333. The predicted octanol–water partition coefficient (Wildman–Crippen LogP) is 4.00. The molecule has 0 saturated carbocycles. The summed E-state index contributed by atoms with van der Waals surface area (Å²) in [6.07, 6.45) is -2.93. The highest BCUT2D eigenvalue weighted by Gasteiger charge is 2.45. The molecule has 3 atom stereocenters. The normalized spacial score (nSPS) is 14.1. The molecular weight excluding hydrogens is 587 g/mol. The third-order valence-corrected chi connectivity index (χ3v) is 6.34. The van der Waals surface area contributed by atoms with Gasteiger partial charge >= 0.3 is 6.18 Å². The molecule has 0 aliphatic rings. The number of rotatable bonds is 14. The van der Waals surface area contributed by atoms with Crippen LogP contribution in [0, 0.1) is 5.92 Å². The van der Waals surface area contributed by atoms with Gasteiger partial charge in [-0.15, -0.1) is 0 Å². The van der Waals surface area contributed by atoms with Gasteiger partial charge in [0.25, 0.3) is 11.7 Å². The van der Waals surface area contributed by atoms with Gasteiger partial charge in [-0.3, -0.25) is 29.2 Å². The van der Waals surface area contributed by atoms with Gasteiger partial charge in [-0.05, 0) is 42.8 Å². The number of nitrogens with one attached hydrogen (secondary N) is 3. The summed E-state index contributed by atoms with van der Waals surface area (Å²) in [6, 6.07) is 10.4. The lowest BCUT2D eigenvalue weighted by atomic mass is 9.97. The Labute approximate surface area is 252 Å². The van der Waals surface area contributed by atoms with Crippen molar-refractivity contribution in [3.63, 3.8) is 0 Å². The second kappa shape index (κ2) is 16.4. The lowest BCUT2D eigenvalue weighted by Gasteiger charge is -2.27. The van der Waals surface area contributed by atoms with Crippen LogP contribution in [0.4, 0.5) is 13.2 Å². The number of carbonyl (C=O) groups is 4. The van der Waals surface area contributed by atoms with Crippen molar-refractivity contribution >= 4 is 48.0 Å². The van der Waals surface area contributed by atoms with Crippen LogP contribution in [0.15, 0.2) is 76.5 Å². The van der Waals surface area contributed by atoms with Gasteiger partial charge in [0.1, 0.15) is 17.8 Å². The number of hydrogen-bond acceptors (Lipinski definition) is 6. The van der Waals surface area contributed by atoms with Crippen LogP contribution < -0.4 is 16.0 Å². The van der Waals surface area contributed by atoms with Crippen LogP contribution in [0.25, 0.3) is 0 Å². The van der Waals surface area contributed by atoms with Crippen molar-refractivity contribution < 1.29 is 32.3 Å². The van der Waals surface area contributed by atoms with Crippen molar-refractivity contribution in [2.45, 2.75) is 57.9 Å².